The Morgan fingerprint density at radius 1 is 1.06 bits per heavy atom. The summed E-state index contributed by atoms with van der Waals surface area (Å²) >= 11 is 0. The predicted molar refractivity (Wildman–Crippen MR) is 73.1 cm³/mol. The Kier molecular flexibility index (Phi) is 2.88. The van der Waals surface area contributed by atoms with Gasteiger partial charge in [-0.25, -0.2) is 0 Å². The number of allylic oxidation sites excluding steroid dienone is 1. The molecule has 1 N–H and O–H groups in total. The van der Waals surface area contributed by atoms with Crippen molar-refractivity contribution in [2.45, 2.75) is 6.42 Å². The van der Waals surface area contributed by atoms with Crippen LogP contribution in [-0.2, 0) is 6.42 Å². The molecule has 0 spiro atoms. The zero-order valence-corrected chi connectivity index (χ0v) is 9.88. The first-order chi connectivity index (χ1) is 8.95. The van der Waals surface area contributed by atoms with Gasteiger partial charge in [0.15, 0.2) is 0 Å². The van der Waals surface area contributed by atoms with Gasteiger partial charge < -0.3 is 0 Å². The predicted octanol–water partition coefficient (Wildman–Crippen LogP) is 3.21. The molecule has 0 fully saturated rings. The smallest absolute Gasteiger partial charge is 0.0690 e. The number of nitrogens with zero attached hydrogens (tertiary/aromatic N) is 2. The molecule has 0 saturated carbocycles. The fraction of sp³-hybridized carbons (Fsp3) is 0.0667. The summed E-state index contributed by atoms with van der Waals surface area (Å²) in [6.07, 6.45) is 8.76. The van der Waals surface area contributed by atoms with E-state index in [0.717, 1.165) is 6.42 Å². The van der Waals surface area contributed by atoms with Crippen LogP contribution in [-0.4, -0.2) is 15.4 Å². The van der Waals surface area contributed by atoms with Gasteiger partial charge in [0.2, 0.25) is 0 Å². The highest BCUT2D eigenvalue weighted by molar-refractivity contribution is 5.94. The van der Waals surface area contributed by atoms with Crippen LogP contribution in [0.25, 0.3) is 16.8 Å². The Balaban J connectivity index is 0.000000169. The van der Waals surface area contributed by atoms with E-state index in [1.165, 1.54) is 21.9 Å². The van der Waals surface area contributed by atoms with Crippen LogP contribution in [0.5, 0.6) is 0 Å². The number of hydrogen-bond acceptors (Lipinski definition) is 2. The van der Waals surface area contributed by atoms with E-state index in [-0.39, 0.29) is 0 Å². The zero-order chi connectivity index (χ0) is 12.2. The van der Waals surface area contributed by atoms with Crippen LogP contribution in [0.2, 0.25) is 0 Å². The number of hydrogen-bond donors (Lipinski definition) is 1. The van der Waals surface area contributed by atoms with Crippen LogP contribution in [0.3, 0.4) is 0 Å². The first kappa shape index (κ1) is 10.7. The third-order valence-corrected chi connectivity index (χ3v) is 2.99. The molecule has 0 bridgehead atoms. The fourth-order valence-electron chi connectivity index (χ4n) is 2.24. The van der Waals surface area contributed by atoms with Crippen molar-refractivity contribution in [2.75, 3.05) is 0 Å². The quantitative estimate of drug-likeness (QED) is 0.650. The summed E-state index contributed by atoms with van der Waals surface area (Å²) in [5.41, 5.74) is 2.81. The van der Waals surface area contributed by atoms with E-state index < -0.39 is 0 Å². The number of aromatic amines is 1. The van der Waals surface area contributed by atoms with Gasteiger partial charge in [0, 0.05) is 6.20 Å². The lowest BCUT2D eigenvalue weighted by molar-refractivity contribution is 0.940. The first-order valence-corrected chi connectivity index (χ1v) is 5.93. The van der Waals surface area contributed by atoms with Crippen LogP contribution in [0.15, 0.2) is 54.9 Å². The van der Waals surface area contributed by atoms with Crippen molar-refractivity contribution in [3.8, 4) is 0 Å². The van der Waals surface area contributed by atoms with Crippen molar-refractivity contribution in [1.29, 1.82) is 0 Å². The van der Waals surface area contributed by atoms with Gasteiger partial charge in [0.1, 0.15) is 0 Å². The Bertz CT molecular complexity index is 647. The van der Waals surface area contributed by atoms with Crippen molar-refractivity contribution < 1.29 is 0 Å². The molecule has 1 aromatic heterocycles. The average molecular weight is 235 g/mol. The Morgan fingerprint density at radius 3 is 2.67 bits per heavy atom. The molecule has 3 aromatic rings. The lowest BCUT2D eigenvalue weighted by Crippen LogP contribution is -1.91. The van der Waals surface area contributed by atoms with E-state index in [4.69, 9.17) is 0 Å². The SMILES string of the molecule is C1=Cc2cccc3cccc(c23)C1.c1c[nH]nn1. The van der Waals surface area contributed by atoms with Crippen LogP contribution < -0.4 is 0 Å². The average Bonchev–Trinajstić information content (AvgIpc) is 2.99. The van der Waals surface area contributed by atoms with Gasteiger partial charge in [-0.3, -0.25) is 5.10 Å². The summed E-state index contributed by atoms with van der Waals surface area (Å²) in [5, 5.41) is 12.1. The molecule has 3 heteroatoms. The van der Waals surface area contributed by atoms with Crippen molar-refractivity contribution >= 4 is 16.8 Å². The minimum atomic E-state index is 1.08. The largest absolute Gasteiger partial charge is 0.266 e. The summed E-state index contributed by atoms with van der Waals surface area (Å²) in [7, 11) is 0. The second-order valence-electron chi connectivity index (χ2n) is 4.13. The highest BCUT2D eigenvalue weighted by Gasteiger charge is 2.06. The van der Waals surface area contributed by atoms with Crippen LogP contribution in [0.4, 0.5) is 0 Å². The van der Waals surface area contributed by atoms with Gasteiger partial charge in [-0.15, -0.1) is 5.10 Å². The second kappa shape index (κ2) is 4.84. The summed E-state index contributed by atoms with van der Waals surface area (Å²) in [6.45, 7) is 0. The maximum Gasteiger partial charge on any atom is 0.0690 e. The summed E-state index contributed by atoms with van der Waals surface area (Å²) < 4.78 is 0. The van der Waals surface area contributed by atoms with Crippen molar-refractivity contribution in [3.05, 3.63) is 66.0 Å². The molecule has 1 heterocycles. The fourth-order valence-corrected chi connectivity index (χ4v) is 2.24. The molecule has 3 nitrogen and oxygen atoms in total. The second-order valence-corrected chi connectivity index (χ2v) is 4.13. The van der Waals surface area contributed by atoms with E-state index in [1.54, 1.807) is 12.4 Å². The molecule has 1 aliphatic carbocycles. The summed E-state index contributed by atoms with van der Waals surface area (Å²) in [4.78, 5) is 0. The van der Waals surface area contributed by atoms with Gasteiger partial charge in [0.05, 0.1) is 6.20 Å². The van der Waals surface area contributed by atoms with Crippen molar-refractivity contribution in [2.24, 2.45) is 0 Å². The van der Waals surface area contributed by atoms with E-state index in [0.29, 0.717) is 0 Å². The Morgan fingerprint density at radius 2 is 1.94 bits per heavy atom. The van der Waals surface area contributed by atoms with Crippen LogP contribution in [0, 0.1) is 0 Å². The topological polar surface area (TPSA) is 41.6 Å². The van der Waals surface area contributed by atoms with E-state index in [9.17, 15) is 0 Å². The standard InChI is InChI=1S/C13H10.C2H3N3/c1-4-10-6-2-8-12-9-3-7-11(5-1)13(10)12;1-2-4-5-3-1/h1-8H,9H2;1-2H,(H,3,4,5). The number of benzene rings is 2. The molecule has 0 unspecified atom stereocenters. The minimum absolute atomic E-state index is 1.08. The van der Waals surface area contributed by atoms with Gasteiger partial charge in [-0.2, -0.15) is 0 Å². The van der Waals surface area contributed by atoms with E-state index in [1.807, 2.05) is 0 Å². The number of aromatic nitrogens is 3. The van der Waals surface area contributed by atoms with Gasteiger partial charge in [-0.05, 0) is 28.3 Å². The third-order valence-electron chi connectivity index (χ3n) is 2.99. The Labute approximate surface area is 105 Å². The molecule has 88 valence electrons. The van der Waals surface area contributed by atoms with Gasteiger partial charge >= 0.3 is 0 Å². The molecule has 18 heavy (non-hydrogen) atoms. The Hall–Kier alpha value is -2.42. The summed E-state index contributed by atoms with van der Waals surface area (Å²) in [5.74, 6) is 0. The molecular formula is C15H13N3. The highest BCUT2D eigenvalue weighted by atomic mass is 15.3. The third kappa shape index (κ3) is 2.02. The molecule has 0 saturated heterocycles. The van der Waals surface area contributed by atoms with E-state index >= 15 is 0 Å². The molecular weight excluding hydrogens is 222 g/mol. The van der Waals surface area contributed by atoms with Gasteiger partial charge in [0.25, 0.3) is 0 Å². The molecule has 2 aromatic carbocycles. The maximum absolute atomic E-state index is 3.42. The zero-order valence-electron chi connectivity index (χ0n) is 9.88. The van der Waals surface area contributed by atoms with Crippen molar-refractivity contribution in [3.63, 3.8) is 0 Å². The molecule has 1 aliphatic rings. The first-order valence-electron chi connectivity index (χ1n) is 5.93. The number of H-pyrrole nitrogens is 1. The molecule has 0 aliphatic heterocycles. The lowest BCUT2D eigenvalue weighted by Gasteiger charge is -2.11. The normalized spacial score (nSPS) is 12.0. The van der Waals surface area contributed by atoms with Crippen molar-refractivity contribution in [1.82, 2.24) is 15.4 Å². The lowest BCUT2D eigenvalue weighted by atomic mass is 9.93. The van der Waals surface area contributed by atoms with E-state index in [2.05, 4.69) is 64.0 Å². The molecule has 0 radical (unpaired) electrons. The highest BCUT2D eigenvalue weighted by Crippen LogP contribution is 2.27. The van der Waals surface area contributed by atoms with Gasteiger partial charge in [-0.1, -0.05) is 53.8 Å². The molecule has 0 atom stereocenters. The molecule has 4 rings (SSSR count). The summed E-state index contributed by atoms with van der Waals surface area (Å²) in [6, 6.07) is 13.0. The van der Waals surface area contributed by atoms with Crippen LogP contribution >= 0.6 is 0 Å². The molecule has 0 amide bonds. The number of rotatable bonds is 0. The monoisotopic (exact) mass is 235 g/mol. The maximum atomic E-state index is 3.42. The number of nitrogens with one attached hydrogen (secondary N) is 1. The van der Waals surface area contributed by atoms with Crippen LogP contribution in [0.1, 0.15) is 11.1 Å². The minimum Gasteiger partial charge on any atom is -0.266 e.